The highest BCUT2D eigenvalue weighted by Gasteiger charge is 2.49. The third-order valence-electron chi connectivity index (χ3n) is 15.2. The van der Waals surface area contributed by atoms with Gasteiger partial charge in [-0.3, -0.25) is 0 Å². The Hall–Kier alpha value is -8.00. The van der Waals surface area contributed by atoms with Crippen LogP contribution in [0, 0.1) is 0 Å². The van der Waals surface area contributed by atoms with Crippen LogP contribution in [0.1, 0.15) is 47.2 Å². The molecule has 304 valence electrons. The van der Waals surface area contributed by atoms with Gasteiger partial charge in [0.25, 0.3) is 0 Å². The van der Waals surface area contributed by atoms with E-state index in [1.807, 2.05) is 0 Å². The minimum atomic E-state index is -0.604. The van der Waals surface area contributed by atoms with Crippen molar-refractivity contribution in [3.63, 3.8) is 0 Å². The molecule has 3 aliphatic rings. The van der Waals surface area contributed by atoms with Crippen LogP contribution in [-0.2, 0) is 10.8 Å². The van der Waals surface area contributed by atoms with Crippen molar-refractivity contribution < 1.29 is 0 Å². The standard InChI is InChI=1S/C64H43N/c1-63(2)54-25-10-8-21-47(54)49-34-32-46(39-58(49)63)65(45-31-29-41-17-6-7-18-43(41)37-45)60-36-35-52-50-33-30-44(40-15-4-3-5-16-40)38-59(50)64(57-28-14-24-53(60)62(52)57)55-26-11-9-22-48(55)51-23-12-19-42-20-13-27-56(64)61(42)51/h3-39H,1-2H3. The SMILES string of the molecule is CC1(C)c2ccccc2-c2ccc(N(c3ccc4ccccc4c3)c3ccc4c5c(cccc35)C3(c5ccccc5-c5cccc6cccc3c56)c3cc(-c5ccccc5)ccc3-4)cc21. The van der Waals surface area contributed by atoms with E-state index in [-0.39, 0.29) is 5.41 Å². The molecule has 0 bridgehead atoms. The lowest BCUT2D eigenvalue weighted by atomic mass is 9.55. The summed E-state index contributed by atoms with van der Waals surface area (Å²) in [6, 6.07) is 84.9. The van der Waals surface area contributed by atoms with Gasteiger partial charge in [-0.1, -0.05) is 202 Å². The third kappa shape index (κ3) is 4.88. The van der Waals surface area contributed by atoms with E-state index in [0.717, 1.165) is 17.1 Å². The molecule has 65 heavy (non-hydrogen) atoms. The van der Waals surface area contributed by atoms with Gasteiger partial charge in [0.05, 0.1) is 11.1 Å². The summed E-state index contributed by atoms with van der Waals surface area (Å²) in [5.41, 5.74) is 21.0. The van der Waals surface area contributed by atoms with Gasteiger partial charge in [0, 0.05) is 22.2 Å². The molecule has 11 aromatic rings. The van der Waals surface area contributed by atoms with Crippen molar-refractivity contribution in [3.8, 4) is 44.5 Å². The van der Waals surface area contributed by atoms with E-state index >= 15 is 0 Å². The lowest BCUT2D eigenvalue weighted by Crippen LogP contribution is -2.36. The van der Waals surface area contributed by atoms with Gasteiger partial charge in [-0.2, -0.15) is 0 Å². The van der Waals surface area contributed by atoms with Gasteiger partial charge in [-0.15, -0.1) is 0 Å². The van der Waals surface area contributed by atoms with E-state index < -0.39 is 5.41 Å². The second kappa shape index (κ2) is 13.3. The normalized spacial score (nSPS) is 15.7. The molecule has 0 radical (unpaired) electrons. The molecule has 1 atom stereocenters. The number of nitrogens with zero attached hydrogens (tertiary/aromatic N) is 1. The first-order valence-electron chi connectivity index (χ1n) is 22.9. The Labute approximate surface area is 379 Å². The summed E-state index contributed by atoms with van der Waals surface area (Å²) in [6.07, 6.45) is 0. The van der Waals surface area contributed by atoms with Crippen molar-refractivity contribution in [2.45, 2.75) is 24.7 Å². The number of benzene rings is 11. The van der Waals surface area contributed by atoms with Crippen molar-refractivity contribution >= 4 is 49.4 Å². The summed E-state index contributed by atoms with van der Waals surface area (Å²) in [6.45, 7) is 4.76. The highest BCUT2D eigenvalue weighted by Crippen LogP contribution is 2.62. The zero-order valence-corrected chi connectivity index (χ0v) is 36.3. The van der Waals surface area contributed by atoms with Crippen LogP contribution in [0.2, 0.25) is 0 Å². The van der Waals surface area contributed by atoms with Crippen molar-refractivity contribution in [1.29, 1.82) is 0 Å². The smallest absolute Gasteiger partial charge is 0.0726 e. The number of hydrogen-bond acceptors (Lipinski definition) is 1. The summed E-state index contributed by atoms with van der Waals surface area (Å²) >= 11 is 0. The first-order valence-corrected chi connectivity index (χ1v) is 22.9. The van der Waals surface area contributed by atoms with Crippen LogP contribution in [0.15, 0.2) is 224 Å². The molecular formula is C64H43N. The van der Waals surface area contributed by atoms with Crippen LogP contribution in [0.3, 0.4) is 0 Å². The van der Waals surface area contributed by atoms with Gasteiger partial charge in [0.2, 0.25) is 0 Å². The van der Waals surface area contributed by atoms with E-state index in [2.05, 4.69) is 243 Å². The molecule has 0 saturated carbocycles. The predicted molar refractivity (Wildman–Crippen MR) is 273 cm³/mol. The summed E-state index contributed by atoms with van der Waals surface area (Å²) in [7, 11) is 0. The van der Waals surface area contributed by atoms with Crippen LogP contribution in [0.25, 0.3) is 76.8 Å². The van der Waals surface area contributed by atoms with E-state index in [9.17, 15) is 0 Å². The highest BCUT2D eigenvalue weighted by atomic mass is 15.1. The molecule has 1 spiro atoms. The summed E-state index contributed by atoms with van der Waals surface area (Å²) in [4.78, 5) is 2.53. The van der Waals surface area contributed by atoms with Gasteiger partial charge < -0.3 is 4.90 Å². The fourth-order valence-corrected chi connectivity index (χ4v) is 12.4. The maximum Gasteiger partial charge on any atom is 0.0726 e. The topological polar surface area (TPSA) is 3.24 Å². The van der Waals surface area contributed by atoms with Gasteiger partial charge in [0.1, 0.15) is 0 Å². The lowest BCUT2D eigenvalue weighted by molar-refractivity contribution is 0.660. The molecule has 0 aromatic heterocycles. The molecule has 0 heterocycles. The Bertz CT molecular complexity index is 3810. The molecule has 0 saturated heterocycles. The fourth-order valence-electron chi connectivity index (χ4n) is 12.4. The number of rotatable bonds is 4. The van der Waals surface area contributed by atoms with Crippen LogP contribution < -0.4 is 4.90 Å². The van der Waals surface area contributed by atoms with Crippen molar-refractivity contribution in [3.05, 3.63) is 258 Å². The Morgan fingerprint density at radius 3 is 1.71 bits per heavy atom. The monoisotopic (exact) mass is 825 g/mol. The molecule has 11 aromatic carbocycles. The molecular weight excluding hydrogens is 783 g/mol. The minimum Gasteiger partial charge on any atom is -0.310 e. The molecule has 0 fully saturated rings. The van der Waals surface area contributed by atoms with Crippen molar-refractivity contribution in [1.82, 2.24) is 0 Å². The first kappa shape index (κ1) is 36.5. The summed E-state index contributed by atoms with van der Waals surface area (Å²) < 4.78 is 0. The summed E-state index contributed by atoms with van der Waals surface area (Å²) in [5.74, 6) is 0. The van der Waals surface area contributed by atoms with E-state index in [1.165, 1.54) is 110 Å². The zero-order chi connectivity index (χ0) is 43.0. The maximum absolute atomic E-state index is 2.53. The van der Waals surface area contributed by atoms with Crippen LogP contribution in [-0.4, -0.2) is 0 Å². The second-order valence-corrected chi connectivity index (χ2v) is 18.8. The Balaban J connectivity index is 1.10. The van der Waals surface area contributed by atoms with Gasteiger partial charge in [-0.05, 0) is 141 Å². The Kier molecular flexibility index (Phi) is 7.45. The van der Waals surface area contributed by atoms with Gasteiger partial charge >= 0.3 is 0 Å². The molecule has 1 heteroatoms. The van der Waals surface area contributed by atoms with E-state index in [1.54, 1.807) is 0 Å². The van der Waals surface area contributed by atoms with Crippen LogP contribution in [0.5, 0.6) is 0 Å². The maximum atomic E-state index is 2.53. The Morgan fingerprint density at radius 1 is 0.308 bits per heavy atom. The zero-order valence-electron chi connectivity index (χ0n) is 36.3. The van der Waals surface area contributed by atoms with E-state index in [4.69, 9.17) is 0 Å². The molecule has 14 rings (SSSR count). The van der Waals surface area contributed by atoms with Gasteiger partial charge in [-0.25, -0.2) is 0 Å². The molecule has 0 amide bonds. The molecule has 0 N–H and O–H groups in total. The number of anilines is 3. The number of fused-ring (bicyclic) bond motifs is 12. The van der Waals surface area contributed by atoms with Crippen LogP contribution in [0.4, 0.5) is 17.1 Å². The lowest BCUT2D eigenvalue weighted by Gasteiger charge is -2.46. The second-order valence-electron chi connectivity index (χ2n) is 18.8. The molecule has 0 aliphatic heterocycles. The molecule has 1 nitrogen and oxygen atoms in total. The van der Waals surface area contributed by atoms with E-state index in [0.29, 0.717) is 0 Å². The first-order chi connectivity index (χ1) is 32.0. The molecule has 1 unspecified atom stereocenters. The van der Waals surface area contributed by atoms with Gasteiger partial charge in [0.15, 0.2) is 0 Å². The van der Waals surface area contributed by atoms with Crippen LogP contribution >= 0.6 is 0 Å². The average molecular weight is 826 g/mol. The minimum absolute atomic E-state index is 0.142. The third-order valence-corrected chi connectivity index (χ3v) is 15.2. The Morgan fingerprint density at radius 2 is 0.862 bits per heavy atom. The number of hydrogen-bond donors (Lipinski definition) is 0. The quantitative estimate of drug-likeness (QED) is 0.171. The fraction of sp³-hybridized carbons (Fsp3) is 0.0625. The predicted octanol–water partition coefficient (Wildman–Crippen LogP) is 16.9. The summed E-state index contributed by atoms with van der Waals surface area (Å²) in [5, 5.41) is 7.59. The van der Waals surface area contributed by atoms with Crippen molar-refractivity contribution in [2.24, 2.45) is 0 Å². The largest absolute Gasteiger partial charge is 0.310 e. The highest BCUT2D eigenvalue weighted by molar-refractivity contribution is 6.14. The molecule has 3 aliphatic carbocycles. The average Bonchev–Trinajstić information content (AvgIpc) is 3.59. The van der Waals surface area contributed by atoms with Crippen molar-refractivity contribution in [2.75, 3.05) is 4.90 Å².